The van der Waals surface area contributed by atoms with Crippen LogP contribution in [-0.2, 0) is 11.3 Å². The second-order valence-corrected chi connectivity index (χ2v) is 7.06. The Morgan fingerprint density at radius 3 is 2.87 bits per heavy atom. The van der Waals surface area contributed by atoms with Gasteiger partial charge in [0.1, 0.15) is 0 Å². The van der Waals surface area contributed by atoms with Crippen LogP contribution in [0.4, 0.5) is 0 Å². The minimum absolute atomic E-state index is 0.0332. The van der Waals surface area contributed by atoms with Crippen LogP contribution in [-0.4, -0.2) is 63.7 Å². The van der Waals surface area contributed by atoms with Gasteiger partial charge in [0.25, 0.3) is 0 Å². The van der Waals surface area contributed by atoms with Crippen LogP contribution >= 0.6 is 0 Å². The topological polar surface area (TPSA) is 82.7 Å². The predicted octanol–water partition coefficient (Wildman–Crippen LogP) is 1.000. The molecule has 1 N–H and O–H groups in total. The quantitative estimate of drug-likeness (QED) is 0.871. The number of carbonyl (C=O) groups is 1. The molecule has 0 aromatic carbocycles. The highest BCUT2D eigenvalue weighted by Gasteiger charge is 2.48. The van der Waals surface area contributed by atoms with Crippen LogP contribution in [0.25, 0.3) is 0 Å². The average molecular weight is 322 g/mol. The van der Waals surface area contributed by atoms with E-state index in [9.17, 15) is 4.79 Å². The van der Waals surface area contributed by atoms with Crippen LogP contribution in [0.1, 0.15) is 50.7 Å². The summed E-state index contributed by atoms with van der Waals surface area (Å²) in [7, 11) is 0. The van der Waals surface area contributed by atoms with E-state index in [-0.39, 0.29) is 23.8 Å². The molecule has 0 radical (unpaired) electrons. The molecule has 3 rings (SSSR count). The Labute approximate surface area is 136 Å². The molecule has 128 valence electrons. The Kier molecular flexibility index (Phi) is 4.68. The molecule has 2 aliphatic heterocycles. The number of rotatable bonds is 5. The number of β-amino-alcohol motifs (C(OH)–C–C–N with tert-alkyl or cyclic N) is 1. The number of amides is 1. The molecule has 0 aliphatic carbocycles. The zero-order valence-electron chi connectivity index (χ0n) is 14.0. The van der Waals surface area contributed by atoms with Gasteiger partial charge in [-0.2, -0.15) is 4.98 Å². The molecule has 1 atom stereocenters. The summed E-state index contributed by atoms with van der Waals surface area (Å²) >= 11 is 0. The summed E-state index contributed by atoms with van der Waals surface area (Å²) in [5.74, 6) is 1.82. The first-order valence-electron chi connectivity index (χ1n) is 8.49. The number of aliphatic hydroxyl groups is 1. The Bertz CT molecular complexity index is 557. The van der Waals surface area contributed by atoms with Crippen LogP contribution in [0.2, 0.25) is 0 Å². The van der Waals surface area contributed by atoms with Gasteiger partial charge < -0.3 is 14.5 Å². The first kappa shape index (κ1) is 16.4. The fourth-order valence-corrected chi connectivity index (χ4v) is 3.72. The lowest BCUT2D eigenvalue weighted by Gasteiger charge is -2.39. The van der Waals surface area contributed by atoms with Gasteiger partial charge in [-0.3, -0.25) is 9.69 Å². The number of hydrogen-bond donors (Lipinski definition) is 1. The molecule has 23 heavy (non-hydrogen) atoms. The van der Waals surface area contributed by atoms with Gasteiger partial charge in [0.05, 0.1) is 18.6 Å². The third-order valence-electron chi connectivity index (χ3n) is 4.99. The van der Waals surface area contributed by atoms with Crippen molar-refractivity contribution in [2.24, 2.45) is 5.41 Å². The Morgan fingerprint density at radius 2 is 2.17 bits per heavy atom. The van der Waals surface area contributed by atoms with Crippen molar-refractivity contribution in [3.63, 3.8) is 0 Å². The van der Waals surface area contributed by atoms with Crippen molar-refractivity contribution >= 4 is 5.91 Å². The molecule has 1 aromatic heterocycles. The molecule has 1 spiro atoms. The maximum Gasteiger partial charge on any atom is 0.240 e. The number of hydrogen-bond acceptors (Lipinski definition) is 6. The summed E-state index contributed by atoms with van der Waals surface area (Å²) in [5, 5.41) is 13.1. The van der Waals surface area contributed by atoms with Gasteiger partial charge >= 0.3 is 0 Å². The fourth-order valence-electron chi connectivity index (χ4n) is 3.72. The minimum atomic E-state index is -0.283. The third-order valence-corrected chi connectivity index (χ3v) is 4.99. The van der Waals surface area contributed by atoms with Gasteiger partial charge in [0.15, 0.2) is 5.82 Å². The molecule has 0 bridgehead atoms. The summed E-state index contributed by atoms with van der Waals surface area (Å²) in [4.78, 5) is 21.2. The van der Waals surface area contributed by atoms with Crippen LogP contribution in [0, 0.1) is 5.41 Å². The molecule has 7 nitrogen and oxygen atoms in total. The highest BCUT2D eigenvalue weighted by Crippen LogP contribution is 2.40. The van der Waals surface area contributed by atoms with E-state index in [4.69, 9.17) is 9.63 Å². The lowest BCUT2D eigenvalue weighted by Crippen LogP contribution is -2.50. The molecule has 1 aromatic rings. The third kappa shape index (κ3) is 3.26. The van der Waals surface area contributed by atoms with Crippen LogP contribution in [0.3, 0.4) is 0 Å². The molecule has 1 amide bonds. The summed E-state index contributed by atoms with van der Waals surface area (Å²) in [6.07, 6.45) is 2.82. The van der Waals surface area contributed by atoms with E-state index in [2.05, 4.69) is 15.0 Å². The van der Waals surface area contributed by atoms with E-state index in [1.807, 2.05) is 18.7 Å². The lowest BCUT2D eigenvalue weighted by molar-refractivity contribution is -0.146. The summed E-state index contributed by atoms with van der Waals surface area (Å²) in [6.45, 7) is 7.54. The molecular weight excluding hydrogens is 296 g/mol. The van der Waals surface area contributed by atoms with Gasteiger partial charge in [0, 0.05) is 25.6 Å². The fraction of sp³-hybridized carbons (Fsp3) is 0.812. The maximum atomic E-state index is 12.8. The van der Waals surface area contributed by atoms with Gasteiger partial charge in [-0.15, -0.1) is 0 Å². The van der Waals surface area contributed by atoms with Crippen molar-refractivity contribution in [2.45, 2.75) is 45.6 Å². The molecule has 2 aliphatic rings. The zero-order valence-corrected chi connectivity index (χ0v) is 14.0. The van der Waals surface area contributed by atoms with Gasteiger partial charge in [-0.1, -0.05) is 19.0 Å². The lowest BCUT2D eigenvalue weighted by atomic mass is 9.78. The van der Waals surface area contributed by atoms with Crippen molar-refractivity contribution < 1.29 is 14.4 Å². The molecule has 1 unspecified atom stereocenters. The maximum absolute atomic E-state index is 12.8. The SMILES string of the molecule is CC(C)c1noc(CN2CCC3(CCCN(CCO)C3=O)C2)n1. The van der Waals surface area contributed by atoms with Gasteiger partial charge in [-0.25, -0.2) is 0 Å². The standard InChI is InChI=1S/C16H26N4O3/c1-12(2)14-17-13(23-18-14)10-19-7-5-16(11-19)4-3-6-20(8-9-21)15(16)22/h12,21H,3-11H2,1-2H3. The van der Waals surface area contributed by atoms with Crippen molar-refractivity contribution in [3.05, 3.63) is 11.7 Å². The highest BCUT2D eigenvalue weighted by atomic mass is 16.5. The van der Waals surface area contributed by atoms with Crippen LogP contribution in [0.5, 0.6) is 0 Å². The molecule has 2 saturated heterocycles. The summed E-state index contributed by atoms with van der Waals surface area (Å²) < 4.78 is 5.32. The Balaban J connectivity index is 1.64. The predicted molar refractivity (Wildman–Crippen MR) is 83.6 cm³/mol. The Morgan fingerprint density at radius 1 is 1.35 bits per heavy atom. The van der Waals surface area contributed by atoms with E-state index in [1.54, 1.807) is 0 Å². The van der Waals surface area contributed by atoms with E-state index in [0.717, 1.165) is 44.7 Å². The molecule has 0 saturated carbocycles. The average Bonchev–Trinajstić information content (AvgIpc) is 3.13. The molecule has 3 heterocycles. The first-order valence-corrected chi connectivity index (χ1v) is 8.49. The van der Waals surface area contributed by atoms with Crippen molar-refractivity contribution in [3.8, 4) is 0 Å². The first-order chi connectivity index (χ1) is 11.0. The zero-order chi connectivity index (χ0) is 16.4. The molecule has 7 heteroatoms. The van der Waals surface area contributed by atoms with Gasteiger partial charge in [0.2, 0.25) is 11.8 Å². The second-order valence-electron chi connectivity index (χ2n) is 7.06. The Hall–Kier alpha value is -1.47. The number of piperidine rings is 1. The van der Waals surface area contributed by atoms with E-state index in [0.29, 0.717) is 19.0 Å². The number of carbonyl (C=O) groups excluding carboxylic acids is 1. The molecule has 2 fully saturated rings. The number of likely N-dealkylation sites (tertiary alicyclic amines) is 2. The minimum Gasteiger partial charge on any atom is -0.395 e. The van der Waals surface area contributed by atoms with Gasteiger partial charge in [-0.05, 0) is 25.8 Å². The van der Waals surface area contributed by atoms with Crippen LogP contribution < -0.4 is 0 Å². The summed E-state index contributed by atoms with van der Waals surface area (Å²) in [6, 6.07) is 0. The van der Waals surface area contributed by atoms with Crippen molar-refractivity contribution in [2.75, 3.05) is 32.8 Å². The van der Waals surface area contributed by atoms with E-state index < -0.39 is 0 Å². The largest absolute Gasteiger partial charge is 0.395 e. The second kappa shape index (κ2) is 6.57. The van der Waals surface area contributed by atoms with E-state index in [1.165, 1.54) is 0 Å². The molecular formula is C16H26N4O3. The number of aromatic nitrogens is 2. The number of nitrogens with zero attached hydrogens (tertiary/aromatic N) is 4. The monoisotopic (exact) mass is 322 g/mol. The van der Waals surface area contributed by atoms with E-state index >= 15 is 0 Å². The smallest absolute Gasteiger partial charge is 0.240 e. The summed E-state index contributed by atoms with van der Waals surface area (Å²) in [5.41, 5.74) is -0.283. The highest BCUT2D eigenvalue weighted by molar-refractivity contribution is 5.84. The number of aliphatic hydroxyl groups excluding tert-OH is 1. The van der Waals surface area contributed by atoms with Crippen molar-refractivity contribution in [1.82, 2.24) is 19.9 Å². The normalized spacial score (nSPS) is 25.9. The van der Waals surface area contributed by atoms with Crippen LogP contribution in [0.15, 0.2) is 4.52 Å². The van der Waals surface area contributed by atoms with Crippen molar-refractivity contribution in [1.29, 1.82) is 0 Å².